The van der Waals surface area contributed by atoms with Gasteiger partial charge in [-0.3, -0.25) is 0 Å². The molecule has 0 bridgehead atoms. The van der Waals surface area contributed by atoms with E-state index in [-0.39, 0.29) is 12.6 Å². The van der Waals surface area contributed by atoms with Crippen LogP contribution in [0, 0.1) is 0 Å². The van der Waals surface area contributed by atoms with Crippen LogP contribution < -0.4 is 4.72 Å². The lowest BCUT2D eigenvalue weighted by atomic mass is 10.2. The molecule has 1 aromatic carbocycles. The molecule has 0 unspecified atom stereocenters. The van der Waals surface area contributed by atoms with Crippen LogP contribution in [0.3, 0.4) is 0 Å². The second kappa shape index (κ2) is 6.12. The number of hydrogen-bond acceptors (Lipinski definition) is 3. The van der Waals surface area contributed by atoms with E-state index in [1.165, 1.54) is 0 Å². The molecule has 0 aromatic heterocycles. The van der Waals surface area contributed by atoms with Gasteiger partial charge in [0, 0.05) is 13.2 Å². The lowest BCUT2D eigenvalue weighted by Gasteiger charge is -2.13. The minimum atomic E-state index is -4.71. The van der Waals surface area contributed by atoms with Crippen molar-refractivity contribution in [1.82, 2.24) is 4.72 Å². The van der Waals surface area contributed by atoms with Crippen LogP contribution in [0.25, 0.3) is 0 Å². The van der Waals surface area contributed by atoms with Crippen molar-refractivity contribution in [3.63, 3.8) is 0 Å². The SMILES string of the molecule is O=S(=O)(NC[C@@H]1CCCO1)c1ccc(Cl)c(C(F)(F)F)c1. The van der Waals surface area contributed by atoms with Crippen LogP contribution in [-0.4, -0.2) is 27.7 Å². The second-order valence-corrected chi connectivity index (χ2v) is 6.80. The van der Waals surface area contributed by atoms with Crippen molar-refractivity contribution in [2.24, 2.45) is 0 Å². The maximum absolute atomic E-state index is 12.7. The summed E-state index contributed by atoms with van der Waals surface area (Å²) in [5.74, 6) is 0. The van der Waals surface area contributed by atoms with Gasteiger partial charge in [-0.05, 0) is 31.0 Å². The highest BCUT2D eigenvalue weighted by molar-refractivity contribution is 7.89. The van der Waals surface area contributed by atoms with E-state index in [0.29, 0.717) is 12.7 Å². The zero-order chi connectivity index (χ0) is 15.7. The monoisotopic (exact) mass is 343 g/mol. The quantitative estimate of drug-likeness (QED) is 0.914. The lowest BCUT2D eigenvalue weighted by molar-refractivity contribution is -0.137. The fourth-order valence-electron chi connectivity index (χ4n) is 1.98. The van der Waals surface area contributed by atoms with Crippen LogP contribution >= 0.6 is 11.6 Å². The van der Waals surface area contributed by atoms with Crippen LogP contribution in [0.1, 0.15) is 18.4 Å². The topological polar surface area (TPSA) is 55.4 Å². The van der Waals surface area contributed by atoms with E-state index in [1.54, 1.807) is 0 Å². The van der Waals surface area contributed by atoms with Crippen LogP contribution in [0.15, 0.2) is 23.1 Å². The number of hydrogen-bond donors (Lipinski definition) is 1. The van der Waals surface area contributed by atoms with E-state index < -0.39 is 31.7 Å². The van der Waals surface area contributed by atoms with Crippen molar-refractivity contribution >= 4 is 21.6 Å². The predicted octanol–water partition coefficient (Wildman–Crippen LogP) is 2.82. The first-order valence-corrected chi connectivity index (χ1v) is 8.04. The Labute approximate surface area is 125 Å². The molecule has 1 aliphatic heterocycles. The third kappa shape index (κ3) is 4.09. The van der Waals surface area contributed by atoms with Crippen molar-refractivity contribution in [2.45, 2.75) is 30.0 Å². The number of ether oxygens (including phenoxy) is 1. The molecule has 1 atom stereocenters. The Morgan fingerprint density at radius 1 is 1.38 bits per heavy atom. The molecular weight excluding hydrogens is 331 g/mol. The average molecular weight is 344 g/mol. The first kappa shape index (κ1) is 16.5. The molecule has 1 fully saturated rings. The van der Waals surface area contributed by atoms with Crippen molar-refractivity contribution < 1.29 is 26.3 Å². The first-order chi connectivity index (χ1) is 9.70. The van der Waals surface area contributed by atoms with E-state index in [0.717, 1.165) is 25.0 Å². The average Bonchev–Trinajstić information content (AvgIpc) is 2.88. The zero-order valence-electron chi connectivity index (χ0n) is 10.8. The summed E-state index contributed by atoms with van der Waals surface area (Å²) in [4.78, 5) is -0.475. The predicted molar refractivity (Wildman–Crippen MR) is 70.6 cm³/mol. The zero-order valence-corrected chi connectivity index (χ0v) is 12.4. The molecular formula is C12H13ClF3NO3S. The number of nitrogens with one attached hydrogen (secondary N) is 1. The van der Waals surface area contributed by atoms with Gasteiger partial charge in [0.05, 0.1) is 21.6 Å². The Balaban J connectivity index is 2.19. The highest BCUT2D eigenvalue weighted by Crippen LogP contribution is 2.35. The van der Waals surface area contributed by atoms with E-state index >= 15 is 0 Å². The van der Waals surface area contributed by atoms with Gasteiger partial charge in [-0.15, -0.1) is 0 Å². The van der Waals surface area contributed by atoms with Gasteiger partial charge >= 0.3 is 6.18 Å². The van der Waals surface area contributed by atoms with Gasteiger partial charge in [-0.25, -0.2) is 13.1 Å². The molecule has 1 aromatic rings. The standard InChI is InChI=1S/C12H13ClF3NO3S/c13-11-4-3-9(6-10(11)12(14,15)16)21(18,19)17-7-8-2-1-5-20-8/h3-4,6,8,17H,1-2,5,7H2/t8-/m0/s1. The third-order valence-corrected chi connectivity index (χ3v) is 4.83. The number of sulfonamides is 1. The molecule has 0 amide bonds. The van der Waals surface area contributed by atoms with Crippen LogP contribution in [-0.2, 0) is 20.9 Å². The highest BCUT2D eigenvalue weighted by Gasteiger charge is 2.34. The Kier molecular flexibility index (Phi) is 4.82. The minimum Gasteiger partial charge on any atom is -0.377 e. The molecule has 0 saturated carbocycles. The fourth-order valence-corrected chi connectivity index (χ4v) is 3.30. The molecule has 9 heteroatoms. The van der Waals surface area contributed by atoms with Gasteiger partial charge in [-0.2, -0.15) is 13.2 Å². The number of alkyl halides is 3. The van der Waals surface area contributed by atoms with Gasteiger partial charge in [-0.1, -0.05) is 11.6 Å². The summed E-state index contributed by atoms with van der Waals surface area (Å²) in [5.41, 5.74) is -1.18. The molecule has 2 rings (SSSR count). The summed E-state index contributed by atoms with van der Waals surface area (Å²) in [6, 6.07) is 2.49. The van der Waals surface area contributed by atoms with Crippen LogP contribution in [0.5, 0.6) is 0 Å². The van der Waals surface area contributed by atoms with Gasteiger partial charge in [0.15, 0.2) is 0 Å². The van der Waals surface area contributed by atoms with Crippen molar-refractivity contribution in [1.29, 1.82) is 0 Å². The molecule has 21 heavy (non-hydrogen) atoms. The van der Waals surface area contributed by atoms with E-state index in [1.807, 2.05) is 0 Å². The normalized spacial score (nSPS) is 19.9. The molecule has 1 saturated heterocycles. The molecule has 1 N–H and O–H groups in total. The molecule has 0 spiro atoms. The summed E-state index contributed by atoms with van der Waals surface area (Å²) in [5, 5.41) is -0.541. The van der Waals surface area contributed by atoms with Gasteiger partial charge < -0.3 is 4.74 Å². The van der Waals surface area contributed by atoms with Gasteiger partial charge in [0.1, 0.15) is 0 Å². The second-order valence-electron chi connectivity index (χ2n) is 4.63. The fraction of sp³-hybridized carbons (Fsp3) is 0.500. The van der Waals surface area contributed by atoms with Crippen molar-refractivity contribution in [3.05, 3.63) is 28.8 Å². The molecule has 1 heterocycles. The molecule has 4 nitrogen and oxygen atoms in total. The Bertz CT molecular complexity index is 613. The summed E-state index contributed by atoms with van der Waals surface area (Å²) >= 11 is 5.46. The smallest absolute Gasteiger partial charge is 0.377 e. The summed E-state index contributed by atoms with van der Waals surface area (Å²) in [6.07, 6.45) is -3.39. The van der Waals surface area contributed by atoms with Crippen molar-refractivity contribution in [3.8, 4) is 0 Å². The highest BCUT2D eigenvalue weighted by atomic mass is 35.5. The number of halogens is 4. The maximum Gasteiger partial charge on any atom is 0.417 e. The Morgan fingerprint density at radius 3 is 2.67 bits per heavy atom. The summed E-state index contributed by atoms with van der Waals surface area (Å²) < 4.78 is 69.7. The molecule has 0 aliphatic carbocycles. The Morgan fingerprint density at radius 2 is 2.10 bits per heavy atom. The van der Waals surface area contributed by atoms with Crippen LogP contribution in [0.2, 0.25) is 5.02 Å². The maximum atomic E-state index is 12.7. The largest absolute Gasteiger partial charge is 0.417 e. The number of benzene rings is 1. The first-order valence-electron chi connectivity index (χ1n) is 6.18. The minimum absolute atomic E-state index is 0.0340. The summed E-state index contributed by atoms with van der Waals surface area (Å²) in [7, 11) is -4.04. The van der Waals surface area contributed by atoms with Crippen LogP contribution in [0.4, 0.5) is 13.2 Å². The van der Waals surface area contributed by atoms with E-state index in [4.69, 9.17) is 16.3 Å². The summed E-state index contributed by atoms with van der Waals surface area (Å²) in [6.45, 7) is 0.595. The van der Waals surface area contributed by atoms with Gasteiger partial charge in [0.25, 0.3) is 0 Å². The molecule has 1 aliphatic rings. The third-order valence-electron chi connectivity index (χ3n) is 3.08. The van der Waals surface area contributed by atoms with Crippen molar-refractivity contribution in [2.75, 3.05) is 13.2 Å². The molecule has 0 radical (unpaired) electrons. The molecule has 118 valence electrons. The van der Waals surface area contributed by atoms with E-state index in [2.05, 4.69) is 4.72 Å². The number of rotatable bonds is 4. The lowest BCUT2D eigenvalue weighted by Crippen LogP contribution is -2.32. The van der Waals surface area contributed by atoms with Gasteiger partial charge in [0.2, 0.25) is 10.0 Å². The van der Waals surface area contributed by atoms with E-state index in [9.17, 15) is 21.6 Å². The Hall–Kier alpha value is -0.830.